The van der Waals surface area contributed by atoms with E-state index in [1.807, 2.05) is 51.1 Å². The van der Waals surface area contributed by atoms with Gasteiger partial charge in [-0.3, -0.25) is 14.7 Å². The van der Waals surface area contributed by atoms with Crippen LogP contribution in [0.3, 0.4) is 0 Å². The summed E-state index contributed by atoms with van der Waals surface area (Å²) in [5, 5.41) is 3.24. The number of carbonyl (C=O) groups is 1. The molecule has 0 unspecified atom stereocenters. The number of hydrogen-bond acceptors (Lipinski definition) is 3. The minimum Gasteiger partial charge on any atom is -0.347 e. The Labute approximate surface area is 167 Å². The largest absolute Gasteiger partial charge is 0.347 e. The van der Waals surface area contributed by atoms with E-state index in [2.05, 4.69) is 15.2 Å². The summed E-state index contributed by atoms with van der Waals surface area (Å²) in [6, 6.07) is 12.6. The number of nitrogens with one attached hydrogen (secondary N) is 1. The van der Waals surface area contributed by atoms with Crippen molar-refractivity contribution in [3.63, 3.8) is 0 Å². The highest BCUT2D eigenvalue weighted by molar-refractivity contribution is 5.81. The fraction of sp³-hybridized carbons (Fsp3) is 0.478. The van der Waals surface area contributed by atoms with Gasteiger partial charge in [-0.25, -0.2) is 4.39 Å². The summed E-state index contributed by atoms with van der Waals surface area (Å²) in [7, 11) is 0. The number of likely N-dealkylation sites (tertiary alicyclic amines) is 1. The van der Waals surface area contributed by atoms with Crippen LogP contribution in [0.25, 0.3) is 0 Å². The van der Waals surface area contributed by atoms with Gasteiger partial charge in [-0.1, -0.05) is 45.0 Å². The van der Waals surface area contributed by atoms with Crippen molar-refractivity contribution in [2.24, 2.45) is 11.3 Å². The Hall–Kier alpha value is -2.27. The van der Waals surface area contributed by atoms with E-state index in [0.717, 1.165) is 37.2 Å². The molecule has 2 aromatic rings. The number of benzene rings is 1. The van der Waals surface area contributed by atoms with Crippen molar-refractivity contribution in [1.82, 2.24) is 15.2 Å². The molecule has 1 aliphatic heterocycles. The van der Waals surface area contributed by atoms with Gasteiger partial charge in [-0.15, -0.1) is 0 Å². The maximum atomic E-state index is 14.1. The molecule has 0 radical (unpaired) electrons. The van der Waals surface area contributed by atoms with Crippen molar-refractivity contribution < 1.29 is 9.18 Å². The number of amides is 1. The first-order chi connectivity index (χ1) is 13.3. The van der Waals surface area contributed by atoms with Crippen LogP contribution in [0.1, 0.15) is 50.9 Å². The Morgan fingerprint density at radius 3 is 2.68 bits per heavy atom. The first kappa shape index (κ1) is 20.5. The van der Waals surface area contributed by atoms with E-state index in [1.54, 1.807) is 12.3 Å². The number of rotatable bonds is 5. The minimum atomic E-state index is -0.464. The van der Waals surface area contributed by atoms with E-state index in [1.165, 1.54) is 6.07 Å². The number of aromatic nitrogens is 1. The second-order valence-electron chi connectivity index (χ2n) is 8.68. The van der Waals surface area contributed by atoms with E-state index in [9.17, 15) is 9.18 Å². The highest BCUT2D eigenvalue weighted by Gasteiger charge is 2.33. The number of hydrogen-bond donors (Lipinski definition) is 1. The second-order valence-corrected chi connectivity index (χ2v) is 8.68. The van der Waals surface area contributed by atoms with E-state index in [4.69, 9.17) is 0 Å². The summed E-state index contributed by atoms with van der Waals surface area (Å²) in [5.41, 5.74) is 1.14. The van der Waals surface area contributed by atoms with Gasteiger partial charge in [0.15, 0.2) is 0 Å². The zero-order chi connectivity index (χ0) is 20.1. The topological polar surface area (TPSA) is 45.2 Å². The third kappa shape index (κ3) is 5.16. The molecule has 0 aliphatic carbocycles. The van der Waals surface area contributed by atoms with Crippen molar-refractivity contribution in [3.05, 3.63) is 65.7 Å². The Morgan fingerprint density at radius 2 is 2.00 bits per heavy atom. The maximum Gasteiger partial charge on any atom is 0.225 e. The standard InChI is InChI=1S/C23H30FN3O/c1-23(2,3)22(28)26-21(20-12-6-7-13-25-20)18-10-8-14-27(16-18)15-17-9-4-5-11-19(17)24/h4-7,9,11-13,18,21H,8,10,14-16H2,1-3H3,(H,26,28)/t18-,21+/m1/s1. The lowest BCUT2D eigenvalue weighted by atomic mass is 9.86. The number of piperidine rings is 1. The van der Waals surface area contributed by atoms with Gasteiger partial charge >= 0.3 is 0 Å². The van der Waals surface area contributed by atoms with Crippen molar-refractivity contribution in [1.29, 1.82) is 0 Å². The Kier molecular flexibility index (Phi) is 6.45. The number of nitrogens with zero attached hydrogens (tertiary/aromatic N) is 2. The Bertz CT molecular complexity index is 788. The molecule has 2 atom stereocenters. The highest BCUT2D eigenvalue weighted by atomic mass is 19.1. The van der Waals surface area contributed by atoms with Crippen molar-refractivity contribution >= 4 is 5.91 Å². The predicted molar refractivity (Wildman–Crippen MR) is 109 cm³/mol. The Morgan fingerprint density at radius 1 is 1.25 bits per heavy atom. The Balaban J connectivity index is 1.77. The molecule has 1 saturated heterocycles. The van der Waals surface area contributed by atoms with Gasteiger partial charge in [-0.2, -0.15) is 0 Å². The zero-order valence-corrected chi connectivity index (χ0v) is 17.0. The molecule has 1 aromatic carbocycles. The summed E-state index contributed by atoms with van der Waals surface area (Å²) >= 11 is 0. The van der Waals surface area contributed by atoms with E-state index in [-0.39, 0.29) is 23.7 Å². The van der Waals surface area contributed by atoms with Gasteiger partial charge in [0.2, 0.25) is 5.91 Å². The first-order valence-corrected chi connectivity index (χ1v) is 10.0. The number of pyridine rings is 1. The third-order valence-electron chi connectivity index (χ3n) is 5.34. The third-order valence-corrected chi connectivity index (χ3v) is 5.34. The van der Waals surface area contributed by atoms with E-state index in [0.29, 0.717) is 6.54 Å². The van der Waals surface area contributed by atoms with Crippen LogP contribution in [-0.2, 0) is 11.3 Å². The molecular weight excluding hydrogens is 353 g/mol. The van der Waals surface area contributed by atoms with Gasteiger partial charge in [0.25, 0.3) is 0 Å². The molecular formula is C23H30FN3O. The van der Waals surface area contributed by atoms with Crippen LogP contribution >= 0.6 is 0 Å². The first-order valence-electron chi connectivity index (χ1n) is 10.0. The SMILES string of the molecule is CC(C)(C)C(=O)N[C@H](c1ccccn1)[C@@H]1CCCN(Cc2ccccc2F)C1. The molecule has 1 aromatic heterocycles. The van der Waals surface area contributed by atoms with Crippen LogP contribution in [0.2, 0.25) is 0 Å². The van der Waals surface area contributed by atoms with Gasteiger partial charge in [-0.05, 0) is 43.5 Å². The summed E-state index contributed by atoms with van der Waals surface area (Å²) in [6.07, 6.45) is 3.80. The van der Waals surface area contributed by atoms with Crippen LogP contribution < -0.4 is 5.32 Å². The quantitative estimate of drug-likeness (QED) is 0.836. The molecule has 5 heteroatoms. The van der Waals surface area contributed by atoms with Gasteiger partial charge in [0, 0.05) is 30.3 Å². The molecule has 1 amide bonds. The normalized spacial score (nSPS) is 19.2. The van der Waals surface area contributed by atoms with E-state index >= 15 is 0 Å². The fourth-order valence-electron chi connectivity index (χ4n) is 3.73. The van der Waals surface area contributed by atoms with Gasteiger partial charge in [0.05, 0.1) is 11.7 Å². The highest BCUT2D eigenvalue weighted by Crippen LogP contribution is 2.31. The second kappa shape index (κ2) is 8.82. The van der Waals surface area contributed by atoms with Crippen LogP contribution in [0, 0.1) is 17.2 Å². The van der Waals surface area contributed by atoms with Crippen LogP contribution in [0.5, 0.6) is 0 Å². The van der Waals surface area contributed by atoms with Crippen molar-refractivity contribution in [2.45, 2.75) is 46.2 Å². The molecule has 3 rings (SSSR count). The summed E-state index contributed by atoms with van der Waals surface area (Å²) in [6.45, 7) is 8.09. The van der Waals surface area contributed by atoms with Crippen LogP contribution in [-0.4, -0.2) is 28.9 Å². The summed E-state index contributed by atoms with van der Waals surface area (Å²) in [4.78, 5) is 19.5. The molecule has 2 heterocycles. The minimum absolute atomic E-state index is 0.0226. The zero-order valence-electron chi connectivity index (χ0n) is 17.0. The maximum absolute atomic E-state index is 14.1. The van der Waals surface area contributed by atoms with Gasteiger partial charge in [0.1, 0.15) is 5.82 Å². The average molecular weight is 384 g/mol. The lowest BCUT2D eigenvalue weighted by Gasteiger charge is -2.38. The lowest BCUT2D eigenvalue weighted by molar-refractivity contribution is -0.130. The van der Waals surface area contributed by atoms with Crippen LogP contribution in [0.15, 0.2) is 48.7 Å². The van der Waals surface area contributed by atoms with Crippen molar-refractivity contribution in [2.75, 3.05) is 13.1 Å². The monoisotopic (exact) mass is 383 g/mol. The molecule has 28 heavy (non-hydrogen) atoms. The average Bonchev–Trinajstić information content (AvgIpc) is 2.68. The van der Waals surface area contributed by atoms with Gasteiger partial charge < -0.3 is 5.32 Å². The molecule has 1 N–H and O–H groups in total. The summed E-state index contributed by atoms with van der Waals surface area (Å²) < 4.78 is 14.1. The molecule has 150 valence electrons. The lowest BCUT2D eigenvalue weighted by Crippen LogP contribution is -2.45. The molecule has 0 bridgehead atoms. The molecule has 0 saturated carbocycles. The fourth-order valence-corrected chi connectivity index (χ4v) is 3.73. The predicted octanol–water partition coefficient (Wildman–Crippen LogP) is 4.34. The smallest absolute Gasteiger partial charge is 0.225 e. The molecule has 1 fully saturated rings. The molecule has 4 nitrogen and oxygen atoms in total. The molecule has 1 aliphatic rings. The molecule has 0 spiro atoms. The van der Waals surface area contributed by atoms with Crippen LogP contribution in [0.4, 0.5) is 4.39 Å². The number of carbonyl (C=O) groups excluding carboxylic acids is 1. The van der Waals surface area contributed by atoms with Crippen molar-refractivity contribution in [3.8, 4) is 0 Å². The summed E-state index contributed by atoms with van der Waals surface area (Å²) in [5.74, 6) is 0.100. The number of halogens is 1. The van der Waals surface area contributed by atoms with E-state index < -0.39 is 5.41 Å².